The quantitative estimate of drug-likeness (QED) is 0.278. The number of hydrogen-bond donors (Lipinski definition) is 1. The van der Waals surface area contributed by atoms with E-state index in [0.717, 1.165) is 17.5 Å². The lowest BCUT2D eigenvalue weighted by Crippen LogP contribution is -2.52. The maximum Gasteiger partial charge on any atom is 0.243 e. The number of nitrogens with zero attached hydrogens (tertiary/aromatic N) is 1. The van der Waals surface area contributed by atoms with Gasteiger partial charge in [-0.2, -0.15) is 0 Å². The standard InChI is InChI=1S/C29H31Cl3N2O2/c1-3-20(2)33-29(36)27(18-21-10-5-4-6-11-21)34(19-23-25(31)14-9-15-26(23)32)28(35)17-16-22-12-7-8-13-24(22)30/h4-15,20,27H,3,16-19H2,1-2H3,(H,33,36). The van der Waals surface area contributed by atoms with Crippen molar-refractivity contribution in [3.8, 4) is 0 Å². The Labute approximate surface area is 228 Å². The Morgan fingerprint density at radius 1 is 0.861 bits per heavy atom. The molecule has 3 aromatic carbocycles. The van der Waals surface area contributed by atoms with Crippen LogP contribution in [0, 0.1) is 0 Å². The molecule has 3 rings (SSSR count). The molecule has 0 aliphatic rings. The topological polar surface area (TPSA) is 49.4 Å². The minimum absolute atomic E-state index is 0.0280. The number of carbonyl (C=O) groups excluding carboxylic acids is 2. The summed E-state index contributed by atoms with van der Waals surface area (Å²) in [6, 6.07) is 21.6. The molecule has 2 unspecified atom stereocenters. The van der Waals surface area contributed by atoms with Crippen LogP contribution in [0.1, 0.15) is 43.4 Å². The maximum absolute atomic E-state index is 13.8. The van der Waals surface area contributed by atoms with Crippen LogP contribution in [-0.2, 0) is 29.0 Å². The first-order valence-electron chi connectivity index (χ1n) is 12.1. The summed E-state index contributed by atoms with van der Waals surface area (Å²) in [5.41, 5.74) is 2.45. The van der Waals surface area contributed by atoms with Crippen molar-refractivity contribution in [2.75, 3.05) is 0 Å². The van der Waals surface area contributed by atoms with Crippen LogP contribution in [0.3, 0.4) is 0 Å². The molecule has 0 spiro atoms. The number of aryl methyl sites for hydroxylation is 1. The average Bonchev–Trinajstić information content (AvgIpc) is 2.87. The van der Waals surface area contributed by atoms with Crippen molar-refractivity contribution < 1.29 is 9.59 Å². The monoisotopic (exact) mass is 544 g/mol. The molecular formula is C29H31Cl3N2O2. The fourth-order valence-electron chi connectivity index (χ4n) is 3.94. The Kier molecular flexibility index (Phi) is 10.7. The number of amides is 2. The zero-order valence-electron chi connectivity index (χ0n) is 20.5. The molecule has 4 nitrogen and oxygen atoms in total. The van der Waals surface area contributed by atoms with Gasteiger partial charge in [-0.1, -0.05) is 96.3 Å². The van der Waals surface area contributed by atoms with Crippen LogP contribution >= 0.6 is 34.8 Å². The molecule has 0 bridgehead atoms. The van der Waals surface area contributed by atoms with E-state index in [4.69, 9.17) is 34.8 Å². The Morgan fingerprint density at radius 3 is 2.11 bits per heavy atom. The largest absolute Gasteiger partial charge is 0.352 e. The average molecular weight is 546 g/mol. The Balaban J connectivity index is 1.97. The van der Waals surface area contributed by atoms with Gasteiger partial charge in [0.1, 0.15) is 6.04 Å². The second kappa shape index (κ2) is 13.7. The summed E-state index contributed by atoms with van der Waals surface area (Å²) in [7, 11) is 0. The highest BCUT2D eigenvalue weighted by Gasteiger charge is 2.31. The lowest BCUT2D eigenvalue weighted by Gasteiger charge is -2.33. The lowest BCUT2D eigenvalue weighted by molar-refractivity contribution is -0.141. The van der Waals surface area contributed by atoms with E-state index >= 15 is 0 Å². The van der Waals surface area contributed by atoms with Gasteiger partial charge in [-0.15, -0.1) is 0 Å². The number of rotatable bonds is 11. The maximum atomic E-state index is 13.8. The van der Waals surface area contributed by atoms with Gasteiger partial charge in [0.05, 0.1) is 0 Å². The molecule has 0 saturated heterocycles. The van der Waals surface area contributed by atoms with Gasteiger partial charge in [0.15, 0.2) is 0 Å². The van der Waals surface area contributed by atoms with Crippen molar-refractivity contribution in [3.05, 3.63) is 105 Å². The molecule has 2 atom stereocenters. The van der Waals surface area contributed by atoms with Crippen molar-refractivity contribution in [1.82, 2.24) is 10.2 Å². The van der Waals surface area contributed by atoms with Crippen LogP contribution in [0.25, 0.3) is 0 Å². The highest BCUT2D eigenvalue weighted by molar-refractivity contribution is 6.36. The third-order valence-electron chi connectivity index (χ3n) is 6.23. The van der Waals surface area contributed by atoms with E-state index in [-0.39, 0.29) is 30.8 Å². The van der Waals surface area contributed by atoms with E-state index in [1.54, 1.807) is 29.2 Å². The van der Waals surface area contributed by atoms with Gasteiger partial charge < -0.3 is 10.2 Å². The van der Waals surface area contributed by atoms with Crippen molar-refractivity contribution >= 4 is 46.6 Å². The summed E-state index contributed by atoms with van der Waals surface area (Å²) in [4.78, 5) is 28.9. The zero-order valence-corrected chi connectivity index (χ0v) is 22.8. The molecule has 0 aliphatic carbocycles. The minimum atomic E-state index is -0.743. The first-order valence-corrected chi connectivity index (χ1v) is 13.2. The number of nitrogens with one attached hydrogen (secondary N) is 1. The third kappa shape index (κ3) is 7.73. The van der Waals surface area contributed by atoms with E-state index in [0.29, 0.717) is 33.5 Å². The van der Waals surface area contributed by atoms with Gasteiger partial charge in [0.2, 0.25) is 11.8 Å². The summed E-state index contributed by atoms with van der Waals surface area (Å²) < 4.78 is 0. The predicted octanol–water partition coefficient (Wildman–Crippen LogP) is 7.13. The van der Waals surface area contributed by atoms with E-state index in [9.17, 15) is 9.59 Å². The molecule has 0 saturated carbocycles. The summed E-state index contributed by atoms with van der Waals surface area (Å²) in [6.07, 6.45) is 1.79. The third-order valence-corrected chi connectivity index (χ3v) is 7.31. The minimum Gasteiger partial charge on any atom is -0.352 e. The van der Waals surface area contributed by atoms with Crippen LogP contribution in [0.4, 0.5) is 0 Å². The van der Waals surface area contributed by atoms with E-state index in [2.05, 4.69) is 5.32 Å². The molecule has 2 amide bonds. The smallest absolute Gasteiger partial charge is 0.243 e. The molecule has 0 aliphatic heterocycles. The summed E-state index contributed by atoms with van der Waals surface area (Å²) in [5.74, 6) is -0.381. The normalized spacial score (nSPS) is 12.6. The lowest BCUT2D eigenvalue weighted by atomic mass is 10.0. The number of carbonyl (C=O) groups is 2. The molecule has 7 heteroatoms. The molecule has 0 radical (unpaired) electrons. The predicted molar refractivity (Wildman–Crippen MR) is 149 cm³/mol. The Hall–Kier alpha value is -2.53. The first kappa shape index (κ1) is 28.0. The number of hydrogen-bond acceptors (Lipinski definition) is 2. The van der Waals surface area contributed by atoms with Crippen molar-refractivity contribution in [1.29, 1.82) is 0 Å². The molecule has 0 fully saturated rings. The molecule has 0 heterocycles. The molecule has 1 N–H and O–H groups in total. The van der Waals surface area contributed by atoms with E-state index < -0.39 is 6.04 Å². The van der Waals surface area contributed by atoms with Crippen molar-refractivity contribution in [2.24, 2.45) is 0 Å². The van der Waals surface area contributed by atoms with Gasteiger partial charge >= 0.3 is 0 Å². The van der Waals surface area contributed by atoms with Gasteiger partial charge in [-0.05, 0) is 49.1 Å². The molecular weight excluding hydrogens is 515 g/mol. The van der Waals surface area contributed by atoms with Crippen LogP contribution < -0.4 is 5.32 Å². The van der Waals surface area contributed by atoms with Crippen LogP contribution in [0.5, 0.6) is 0 Å². The van der Waals surface area contributed by atoms with Crippen LogP contribution in [0.15, 0.2) is 72.8 Å². The summed E-state index contributed by atoms with van der Waals surface area (Å²) >= 11 is 19.3. The van der Waals surface area contributed by atoms with Crippen LogP contribution in [0.2, 0.25) is 15.1 Å². The summed E-state index contributed by atoms with van der Waals surface area (Å²) in [6.45, 7) is 4.07. The highest BCUT2D eigenvalue weighted by Crippen LogP contribution is 2.28. The Bertz CT molecular complexity index is 1150. The van der Waals surface area contributed by atoms with E-state index in [1.807, 2.05) is 62.4 Å². The van der Waals surface area contributed by atoms with Crippen molar-refractivity contribution in [2.45, 2.75) is 58.2 Å². The fraction of sp³-hybridized carbons (Fsp3) is 0.310. The molecule has 190 valence electrons. The molecule has 0 aromatic heterocycles. The zero-order chi connectivity index (χ0) is 26.1. The second-order valence-electron chi connectivity index (χ2n) is 8.84. The second-order valence-corrected chi connectivity index (χ2v) is 10.1. The number of benzene rings is 3. The van der Waals surface area contributed by atoms with Crippen LogP contribution in [-0.4, -0.2) is 28.8 Å². The van der Waals surface area contributed by atoms with Gasteiger partial charge in [0.25, 0.3) is 0 Å². The first-order chi connectivity index (χ1) is 17.3. The fourth-order valence-corrected chi connectivity index (χ4v) is 4.68. The van der Waals surface area contributed by atoms with E-state index in [1.165, 1.54) is 0 Å². The van der Waals surface area contributed by atoms with Gasteiger partial charge in [0, 0.05) is 46.1 Å². The van der Waals surface area contributed by atoms with Gasteiger partial charge in [-0.3, -0.25) is 9.59 Å². The number of halogens is 3. The highest BCUT2D eigenvalue weighted by atomic mass is 35.5. The summed E-state index contributed by atoms with van der Waals surface area (Å²) in [5, 5.41) is 4.58. The Morgan fingerprint density at radius 2 is 1.47 bits per heavy atom. The SMILES string of the molecule is CCC(C)NC(=O)C(Cc1ccccc1)N(Cc1c(Cl)cccc1Cl)C(=O)CCc1ccccc1Cl. The molecule has 3 aromatic rings. The van der Waals surface area contributed by atoms with Gasteiger partial charge in [-0.25, -0.2) is 0 Å². The van der Waals surface area contributed by atoms with Crippen molar-refractivity contribution in [3.63, 3.8) is 0 Å². The molecule has 36 heavy (non-hydrogen) atoms.